The number of hydrogen-bond donors (Lipinski definition) is 1. The van der Waals surface area contributed by atoms with Crippen LogP contribution in [0.5, 0.6) is 5.75 Å². The SMILES string of the molecule is CCNC(CCc1ccc2c(c1)CCO2)c1ncccn1. The monoisotopic (exact) mass is 283 g/mol. The molecule has 0 bridgehead atoms. The van der Waals surface area contributed by atoms with Crippen LogP contribution in [0.2, 0.25) is 0 Å². The third-order valence-corrected chi connectivity index (χ3v) is 3.82. The standard InChI is InChI=1S/C17H21N3O/c1-2-18-15(17-19-9-3-10-20-17)6-4-13-5-7-16-14(12-13)8-11-21-16/h3,5,7,9-10,12,15,18H,2,4,6,8,11H2,1H3. The van der Waals surface area contributed by atoms with Gasteiger partial charge >= 0.3 is 0 Å². The third-order valence-electron chi connectivity index (χ3n) is 3.82. The molecule has 0 saturated carbocycles. The van der Waals surface area contributed by atoms with E-state index in [2.05, 4.69) is 40.4 Å². The van der Waals surface area contributed by atoms with Crippen LogP contribution in [0.4, 0.5) is 0 Å². The molecule has 0 saturated heterocycles. The lowest BCUT2D eigenvalue weighted by atomic mass is 10.0. The molecule has 0 amide bonds. The summed E-state index contributed by atoms with van der Waals surface area (Å²) in [6.45, 7) is 3.85. The first-order valence-corrected chi connectivity index (χ1v) is 7.61. The minimum Gasteiger partial charge on any atom is -0.493 e. The number of aryl methyl sites for hydroxylation is 1. The van der Waals surface area contributed by atoms with Crippen LogP contribution in [0, 0.1) is 0 Å². The number of rotatable bonds is 6. The molecule has 1 N–H and O–H groups in total. The first kappa shape index (κ1) is 14.0. The Kier molecular flexibility index (Phi) is 4.46. The summed E-state index contributed by atoms with van der Waals surface area (Å²) in [6.07, 6.45) is 6.65. The summed E-state index contributed by atoms with van der Waals surface area (Å²) in [4.78, 5) is 8.75. The van der Waals surface area contributed by atoms with Gasteiger partial charge in [-0.2, -0.15) is 0 Å². The van der Waals surface area contributed by atoms with Gasteiger partial charge < -0.3 is 10.1 Å². The molecule has 2 heterocycles. The first-order valence-electron chi connectivity index (χ1n) is 7.61. The lowest BCUT2D eigenvalue weighted by Crippen LogP contribution is -2.23. The number of nitrogens with zero attached hydrogens (tertiary/aromatic N) is 2. The van der Waals surface area contributed by atoms with Crippen LogP contribution in [0.3, 0.4) is 0 Å². The van der Waals surface area contributed by atoms with Crippen molar-refractivity contribution in [3.63, 3.8) is 0 Å². The molecule has 0 fully saturated rings. The van der Waals surface area contributed by atoms with E-state index in [0.29, 0.717) is 0 Å². The number of fused-ring (bicyclic) bond motifs is 1. The van der Waals surface area contributed by atoms with E-state index in [9.17, 15) is 0 Å². The minimum atomic E-state index is 0.209. The van der Waals surface area contributed by atoms with Crippen LogP contribution in [-0.4, -0.2) is 23.1 Å². The van der Waals surface area contributed by atoms with Crippen molar-refractivity contribution in [1.82, 2.24) is 15.3 Å². The topological polar surface area (TPSA) is 47.0 Å². The van der Waals surface area contributed by atoms with E-state index in [-0.39, 0.29) is 6.04 Å². The maximum Gasteiger partial charge on any atom is 0.145 e. The normalized spacial score (nSPS) is 14.5. The molecule has 0 aliphatic carbocycles. The van der Waals surface area contributed by atoms with Gasteiger partial charge in [0.15, 0.2) is 0 Å². The number of benzene rings is 1. The summed E-state index contributed by atoms with van der Waals surface area (Å²) < 4.78 is 5.55. The zero-order chi connectivity index (χ0) is 14.5. The summed E-state index contributed by atoms with van der Waals surface area (Å²) in [5.41, 5.74) is 2.70. The molecule has 0 spiro atoms. The fourth-order valence-corrected chi connectivity index (χ4v) is 2.77. The van der Waals surface area contributed by atoms with Gasteiger partial charge in [-0.25, -0.2) is 9.97 Å². The Hall–Kier alpha value is -1.94. The predicted octanol–water partition coefficient (Wildman–Crippen LogP) is 2.69. The van der Waals surface area contributed by atoms with Gasteiger partial charge in [0, 0.05) is 18.8 Å². The van der Waals surface area contributed by atoms with Crippen molar-refractivity contribution in [2.24, 2.45) is 0 Å². The van der Waals surface area contributed by atoms with E-state index in [1.807, 2.05) is 6.07 Å². The smallest absolute Gasteiger partial charge is 0.145 e. The molecule has 1 aromatic heterocycles. The minimum absolute atomic E-state index is 0.209. The molecule has 110 valence electrons. The maximum atomic E-state index is 5.55. The van der Waals surface area contributed by atoms with Crippen molar-refractivity contribution in [2.75, 3.05) is 13.2 Å². The van der Waals surface area contributed by atoms with Gasteiger partial charge in [0.2, 0.25) is 0 Å². The van der Waals surface area contributed by atoms with Crippen LogP contribution >= 0.6 is 0 Å². The molecular formula is C17H21N3O. The molecule has 3 rings (SSSR count). The highest BCUT2D eigenvalue weighted by Gasteiger charge is 2.15. The summed E-state index contributed by atoms with van der Waals surface area (Å²) in [7, 11) is 0. The second-order valence-electron chi connectivity index (χ2n) is 5.30. The van der Waals surface area contributed by atoms with E-state index in [1.165, 1.54) is 11.1 Å². The Morgan fingerprint density at radius 1 is 1.29 bits per heavy atom. The molecule has 1 aliphatic rings. The fourth-order valence-electron chi connectivity index (χ4n) is 2.77. The molecule has 2 aromatic rings. The fraction of sp³-hybridized carbons (Fsp3) is 0.412. The second-order valence-corrected chi connectivity index (χ2v) is 5.30. The zero-order valence-electron chi connectivity index (χ0n) is 12.4. The van der Waals surface area contributed by atoms with Gasteiger partial charge in [0.05, 0.1) is 12.6 Å². The molecule has 1 unspecified atom stereocenters. The van der Waals surface area contributed by atoms with Gasteiger partial charge in [0.25, 0.3) is 0 Å². The van der Waals surface area contributed by atoms with Gasteiger partial charge in [-0.05, 0) is 42.6 Å². The summed E-state index contributed by atoms with van der Waals surface area (Å²) in [6, 6.07) is 8.60. The maximum absolute atomic E-state index is 5.55. The van der Waals surface area contributed by atoms with E-state index in [0.717, 1.165) is 44.0 Å². The van der Waals surface area contributed by atoms with E-state index < -0.39 is 0 Å². The van der Waals surface area contributed by atoms with Gasteiger partial charge in [-0.3, -0.25) is 0 Å². The Morgan fingerprint density at radius 2 is 2.14 bits per heavy atom. The molecular weight excluding hydrogens is 262 g/mol. The average molecular weight is 283 g/mol. The second kappa shape index (κ2) is 6.68. The van der Waals surface area contributed by atoms with Crippen molar-refractivity contribution in [1.29, 1.82) is 0 Å². The van der Waals surface area contributed by atoms with E-state index >= 15 is 0 Å². The molecule has 4 nitrogen and oxygen atoms in total. The largest absolute Gasteiger partial charge is 0.493 e. The number of aromatic nitrogens is 2. The summed E-state index contributed by atoms with van der Waals surface area (Å²) in [5.74, 6) is 1.93. The highest BCUT2D eigenvalue weighted by Crippen LogP contribution is 2.27. The number of hydrogen-bond acceptors (Lipinski definition) is 4. The lowest BCUT2D eigenvalue weighted by Gasteiger charge is -2.16. The van der Waals surface area contributed by atoms with Crippen molar-refractivity contribution in [3.8, 4) is 5.75 Å². The van der Waals surface area contributed by atoms with Gasteiger partial charge in [-0.15, -0.1) is 0 Å². The van der Waals surface area contributed by atoms with Crippen LogP contribution in [-0.2, 0) is 12.8 Å². The first-order chi connectivity index (χ1) is 10.4. The Morgan fingerprint density at radius 3 is 2.95 bits per heavy atom. The predicted molar refractivity (Wildman–Crippen MR) is 82.4 cm³/mol. The van der Waals surface area contributed by atoms with Crippen molar-refractivity contribution >= 4 is 0 Å². The van der Waals surface area contributed by atoms with Gasteiger partial charge in [-0.1, -0.05) is 19.1 Å². The Bertz CT molecular complexity index is 586. The van der Waals surface area contributed by atoms with Crippen LogP contribution in [0.1, 0.15) is 36.3 Å². The molecule has 0 radical (unpaired) electrons. The lowest BCUT2D eigenvalue weighted by molar-refractivity contribution is 0.357. The highest BCUT2D eigenvalue weighted by molar-refractivity contribution is 5.39. The number of nitrogens with one attached hydrogen (secondary N) is 1. The Balaban J connectivity index is 1.67. The van der Waals surface area contributed by atoms with Crippen molar-refractivity contribution in [2.45, 2.75) is 32.2 Å². The van der Waals surface area contributed by atoms with Crippen LogP contribution in [0.15, 0.2) is 36.7 Å². The van der Waals surface area contributed by atoms with Crippen LogP contribution in [0.25, 0.3) is 0 Å². The molecule has 21 heavy (non-hydrogen) atoms. The van der Waals surface area contributed by atoms with Crippen LogP contribution < -0.4 is 10.1 Å². The average Bonchev–Trinajstić information content (AvgIpc) is 3.00. The molecule has 1 aliphatic heterocycles. The van der Waals surface area contributed by atoms with Crippen molar-refractivity contribution < 1.29 is 4.74 Å². The highest BCUT2D eigenvalue weighted by atomic mass is 16.5. The van der Waals surface area contributed by atoms with E-state index in [1.54, 1.807) is 12.4 Å². The number of ether oxygens (including phenoxy) is 1. The Labute approximate surface area is 125 Å². The third kappa shape index (κ3) is 3.39. The molecule has 1 atom stereocenters. The molecule has 4 heteroatoms. The zero-order valence-corrected chi connectivity index (χ0v) is 12.4. The van der Waals surface area contributed by atoms with Gasteiger partial charge in [0.1, 0.15) is 11.6 Å². The molecule has 1 aromatic carbocycles. The summed E-state index contributed by atoms with van der Waals surface area (Å²) in [5, 5.41) is 3.47. The van der Waals surface area contributed by atoms with E-state index in [4.69, 9.17) is 4.74 Å². The summed E-state index contributed by atoms with van der Waals surface area (Å²) >= 11 is 0. The van der Waals surface area contributed by atoms with Crippen molar-refractivity contribution in [3.05, 3.63) is 53.6 Å². The quantitative estimate of drug-likeness (QED) is 0.885.